The maximum Gasteiger partial charge on any atom is 0.192 e. The molecule has 2 aliphatic rings. The van der Waals surface area contributed by atoms with Gasteiger partial charge in [-0.3, -0.25) is 0 Å². The number of rotatable bonds is 5. The second-order valence-corrected chi connectivity index (χ2v) is 11.4. The van der Waals surface area contributed by atoms with Crippen molar-refractivity contribution >= 4 is 8.32 Å². The molecule has 0 amide bonds. The van der Waals surface area contributed by atoms with Gasteiger partial charge in [0.05, 0.1) is 6.10 Å². The molecular formula is C16H30O3Si. The predicted octanol–water partition coefficient (Wildman–Crippen LogP) is 4.25. The first-order valence-corrected chi connectivity index (χ1v) is 10.6. The summed E-state index contributed by atoms with van der Waals surface area (Å²) in [5.74, 6) is -0.493. The van der Waals surface area contributed by atoms with Gasteiger partial charge < -0.3 is 13.9 Å². The molecule has 0 aromatic rings. The predicted molar refractivity (Wildman–Crippen MR) is 84.3 cm³/mol. The van der Waals surface area contributed by atoms with E-state index in [4.69, 9.17) is 13.9 Å². The zero-order valence-corrected chi connectivity index (χ0v) is 14.9. The molecular weight excluding hydrogens is 268 g/mol. The van der Waals surface area contributed by atoms with Crippen molar-refractivity contribution in [3.8, 4) is 0 Å². The molecule has 0 unspecified atom stereocenters. The molecule has 0 saturated carbocycles. The molecule has 0 aromatic carbocycles. The SMILES string of the molecule is CC[Si](CC)(CC)O[C@@H]1CC(C)=C[C@@H]2OC(C)(C)O[C@@H]21. The van der Waals surface area contributed by atoms with Gasteiger partial charge in [-0.25, -0.2) is 0 Å². The highest BCUT2D eigenvalue weighted by atomic mass is 28.4. The van der Waals surface area contributed by atoms with Crippen LogP contribution in [0.4, 0.5) is 0 Å². The first-order valence-electron chi connectivity index (χ1n) is 8.05. The van der Waals surface area contributed by atoms with Crippen molar-refractivity contribution in [3.05, 3.63) is 11.6 Å². The first kappa shape index (κ1) is 16.2. The Bertz CT molecular complexity index is 366. The summed E-state index contributed by atoms with van der Waals surface area (Å²) in [6, 6.07) is 3.54. The highest BCUT2D eigenvalue weighted by Gasteiger charge is 2.48. The molecule has 0 spiro atoms. The molecule has 0 N–H and O–H groups in total. The molecule has 0 radical (unpaired) electrons. The van der Waals surface area contributed by atoms with Crippen molar-refractivity contribution in [1.29, 1.82) is 0 Å². The van der Waals surface area contributed by atoms with Crippen LogP contribution in [0, 0.1) is 0 Å². The summed E-state index contributed by atoms with van der Waals surface area (Å²) in [6.45, 7) is 13.0. The molecule has 1 heterocycles. The van der Waals surface area contributed by atoms with Gasteiger partial charge in [0.15, 0.2) is 14.1 Å². The first-order chi connectivity index (χ1) is 9.34. The Labute approximate surface area is 124 Å². The summed E-state index contributed by atoms with van der Waals surface area (Å²) in [4.78, 5) is 0. The molecule has 1 fully saturated rings. The maximum absolute atomic E-state index is 6.70. The van der Waals surface area contributed by atoms with Crippen LogP contribution in [0.2, 0.25) is 18.1 Å². The van der Waals surface area contributed by atoms with E-state index in [1.807, 2.05) is 13.8 Å². The molecule has 116 valence electrons. The van der Waals surface area contributed by atoms with Gasteiger partial charge in [0, 0.05) is 0 Å². The zero-order chi connectivity index (χ0) is 15.0. The Morgan fingerprint density at radius 2 is 1.80 bits per heavy atom. The normalized spacial score (nSPS) is 32.9. The minimum absolute atomic E-state index is 0.0565. The Hall–Kier alpha value is -0.163. The van der Waals surface area contributed by atoms with Gasteiger partial charge in [-0.15, -0.1) is 0 Å². The van der Waals surface area contributed by atoms with Crippen LogP contribution < -0.4 is 0 Å². The molecule has 1 saturated heterocycles. The third-order valence-electron chi connectivity index (χ3n) is 4.84. The fourth-order valence-electron chi connectivity index (χ4n) is 3.45. The van der Waals surface area contributed by atoms with Crippen LogP contribution in [0.1, 0.15) is 48.0 Å². The summed E-state index contributed by atoms with van der Waals surface area (Å²) < 4.78 is 18.8. The van der Waals surface area contributed by atoms with Crippen LogP contribution in [0.25, 0.3) is 0 Å². The maximum atomic E-state index is 6.70. The van der Waals surface area contributed by atoms with E-state index in [0.717, 1.165) is 6.42 Å². The number of fused-ring (bicyclic) bond motifs is 1. The summed E-state index contributed by atoms with van der Waals surface area (Å²) in [5.41, 5.74) is 1.36. The molecule has 0 bridgehead atoms. The van der Waals surface area contributed by atoms with E-state index in [1.165, 1.54) is 23.7 Å². The van der Waals surface area contributed by atoms with Crippen molar-refractivity contribution in [2.75, 3.05) is 0 Å². The minimum atomic E-state index is -1.60. The smallest absolute Gasteiger partial charge is 0.192 e. The van der Waals surface area contributed by atoms with Gasteiger partial charge in [-0.2, -0.15) is 0 Å². The van der Waals surface area contributed by atoms with Crippen molar-refractivity contribution in [3.63, 3.8) is 0 Å². The fourth-order valence-corrected chi connectivity index (χ4v) is 6.31. The van der Waals surface area contributed by atoms with Gasteiger partial charge >= 0.3 is 0 Å². The summed E-state index contributed by atoms with van der Waals surface area (Å²) in [6.07, 6.45) is 3.48. The van der Waals surface area contributed by atoms with E-state index in [2.05, 4.69) is 33.8 Å². The lowest BCUT2D eigenvalue weighted by atomic mass is 9.93. The van der Waals surface area contributed by atoms with Crippen LogP contribution in [-0.4, -0.2) is 32.4 Å². The van der Waals surface area contributed by atoms with E-state index < -0.39 is 14.1 Å². The van der Waals surface area contributed by atoms with E-state index in [0.29, 0.717) is 0 Å². The molecule has 20 heavy (non-hydrogen) atoms. The van der Waals surface area contributed by atoms with Crippen molar-refractivity contribution < 1.29 is 13.9 Å². The third kappa shape index (κ3) is 3.19. The summed E-state index contributed by atoms with van der Waals surface area (Å²) >= 11 is 0. The van der Waals surface area contributed by atoms with E-state index in [1.54, 1.807) is 0 Å². The average Bonchev–Trinajstić information content (AvgIpc) is 2.70. The Morgan fingerprint density at radius 1 is 1.20 bits per heavy atom. The van der Waals surface area contributed by atoms with Gasteiger partial charge in [-0.05, 0) is 45.3 Å². The standard InChI is InChI=1S/C16H30O3Si/c1-7-20(8-2,9-3)19-14-11-12(4)10-13-15(14)18-16(5,6)17-13/h10,13-15H,7-9,11H2,1-6H3/t13-,14+,15-/m0/s1. The quantitative estimate of drug-likeness (QED) is 0.561. The Kier molecular flexibility index (Phi) is 4.79. The highest BCUT2D eigenvalue weighted by molar-refractivity contribution is 6.73. The van der Waals surface area contributed by atoms with E-state index in [-0.39, 0.29) is 18.3 Å². The van der Waals surface area contributed by atoms with Crippen LogP contribution in [-0.2, 0) is 13.9 Å². The van der Waals surface area contributed by atoms with Crippen LogP contribution >= 0.6 is 0 Å². The van der Waals surface area contributed by atoms with Gasteiger partial charge in [0.1, 0.15) is 12.2 Å². The number of ether oxygens (including phenoxy) is 2. The van der Waals surface area contributed by atoms with E-state index in [9.17, 15) is 0 Å². The second-order valence-electron chi connectivity index (χ2n) is 6.68. The molecule has 1 aliphatic heterocycles. The molecule has 0 aromatic heterocycles. The lowest BCUT2D eigenvalue weighted by Crippen LogP contribution is -2.48. The average molecular weight is 298 g/mol. The molecule has 1 aliphatic carbocycles. The number of hydrogen-bond acceptors (Lipinski definition) is 3. The van der Waals surface area contributed by atoms with Crippen LogP contribution in [0.3, 0.4) is 0 Å². The monoisotopic (exact) mass is 298 g/mol. The fraction of sp³-hybridized carbons (Fsp3) is 0.875. The molecule has 3 atom stereocenters. The minimum Gasteiger partial charge on any atom is -0.411 e. The Balaban J connectivity index is 2.17. The lowest BCUT2D eigenvalue weighted by molar-refractivity contribution is -0.151. The topological polar surface area (TPSA) is 27.7 Å². The summed E-state index contributed by atoms with van der Waals surface area (Å²) in [7, 11) is -1.60. The Morgan fingerprint density at radius 3 is 2.35 bits per heavy atom. The number of hydrogen-bond donors (Lipinski definition) is 0. The largest absolute Gasteiger partial charge is 0.411 e. The molecule has 4 heteroatoms. The van der Waals surface area contributed by atoms with Gasteiger partial charge in [-0.1, -0.05) is 32.4 Å². The van der Waals surface area contributed by atoms with E-state index >= 15 is 0 Å². The van der Waals surface area contributed by atoms with Crippen molar-refractivity contribution in [1.82, 2.24) is 0 Å². The zero-order valence-electron chi connectivity index (χ0n) is 13.9. The van der Waals surface area contributed by atoms with Gasteiger partial charge in [0.25, 0.3) is 0 Å². The van der Waals surface area contributed by atoms with Crippen molar-refractivity contribution in [2.45, 2.75) is 90.2 Å². The van der Waals surface area contributed by atoms with Crippen molar-refractivity contribution in [2.24, 2.45) is 0 Å². The summed E-state index contributed by atoms with van der Waals surface area (Å²) in [5, 5.41) is 0. The molecule has 3 nitrogen and oxygen atoms in total. The molecule has 2 rings (SSSR count). The van der Waals surface area contributed by atoms with Crippen LogP contribution in [0.15, 0.2) is 11.6 Å². The highest BCUT2D eigenvalue weighted by Crippen LogP contribution is 2.39. The van der Waals surface area contributed by atoms with Gasteiger partial charge in [0.2, 0.25) is 0 Å². The third-order valence-corrected chi connectivity index (χ3v) is 9.51. The van der Waals surface area contributed by atoms with Crippen LogP contribution in [0.5, 0.6) is 0 Å². The lowest BCUT2D eigenvalue weighted by Gasteiger charge is -2.38. The second kappa shape index (κ2) is 5.91.